The minimum absolute atomic E-state index is 0.125. The summed E-state index contributed by atoms with van der Waals surface area (Å²) in [6.45, 7) is 1.64. The van der Waals surface area contributed by atoms with Gasteiger partial charge >= 0.3 is 5.97 Å². The molecule has 0 fully saturated rings. The highest BCUT2D eigenvalue weighted by molar-refractivity contribution is 6.42. The van der Waals surface area contributed by atoms with Crippen molar-refractivity contribution in [2.24, 2.45) is 0 Å². The number of ketones is 1. The first-order valence-corrected chi connectivity index (χ1v) is 5.51. The Morgan fingerprint density at radius 1 is 1.21 bits per heavy atom. The minimum Gasteiger partial charge on any atom is -0.497 e. The molecule has 0 radical (unpaired) electrons. The van der Waals surface area contributed by atoms with Crippen molar-refractivity contribution in [2.75, 3.05) is 14.2 Å². The predicted molar refractivity (Wildman–Crippen MR) is 68.1 cm³/mol. The average Bonchev–Trinajstić information content (AvgIpc) is 2.72. The molecule has 0 saturated carbocycles. The molecule has 6 heteroatoms. The zero-order valence-electron chi connectivity index (χ0n) is 10.7. The van der Waals surface area contributed by atoms with E-state index in [2.05, 4.69) is 4.98 Å². The molecule has 6 nitrogen and oxygen atoms in total. The molecule has 0 aliphatic rings. The smallest absolute Gasteiger partial charge is 0.377 e. The largest absolute Gasteiger partial charge is 0.497 e. The highest BCUT2D eigenvalue weighted by atomic mass is 16.5. The fraction of sp³-hybridized carbons (Fsp3) is 0.231. The zero-order valence-corrected chi connectivity index (χ0v) is 10.7. The second-order valence-electron chi connectivity index (χ2n) is 4.01. The molecule has 19 heavy (non-hydrogen) atoms. The number of nitrogens with one attached hydrogen (secondary N) is 1. The molecule has 2 aromatic rings. The van der Waals surface area contributed by atoms with Crippen LogP contribution in [0.25, 0.3) is 10.9 Å². The van der Waals surface area contributed by atoms with E-state index in [9.17, 15) is 9.59 Å². The summed E-state index contributed by atoms with van der Waals surface area (Å²) in [6, 6.07) is 3.27. The lowest BCUT2D eigenvalue weighted by Crippen LogP contribution is -2.13. The van der Waals surface area contributed by atoms with Gasteiger partial charge in [-0.2, -0.15) is 0 Å². The number of carbonyl (C=O) groups excluding carboxylic acids is 1. The molecule has 1 heterocycles. The number of carbonyl (C=O) groups is 2. The van der Waals surface area contributed by atoms with Crippen molar-refractivity contribution in [3.63, 3.8) is 0 Å². The number of carboxylic acids is 1. The first-order valence-electron chi connectivity index (χ1n) is 5.51. The molecule has 0 saturated heterocycles. The Labute approximate surface area is 108 Å². The monoisotopic (exact) mass is 263 g/mol. The number of H-pyrrole nitrogens is 1. The second kappa shape index (κ2) is 4.64. The third-order valence-corrected chi connectivity index (χ3v) is 2.91. The van der Waals surface area contributed by atoms with Gasteiger partial charge in [-0.3, -0.25) is 4.79 Å². The molecule has 0 aliphatic carbocycles. The number of aryl methyl sites for hydroxylation is 1. The highest BCUT2D eigenvalue weighted by Crippen LogP contribution is 2.34. The lowest BCUT2D eigenvalue weighted by molar-refractivity contribution is -0.131. The van der Waals surface area contributed by atoms with Gasteiger partial charge in [0.25, 0.3) is 5.78 Å². The lowest BCUT2D eigenvalue weighted by atomic mass is 10.1. The molecule has 0 aliphatic heterocycles. The van der Waals surface area contributed by atoms with Gasteiger partial charge in [0, 0.05) is 17.1 Å². The van der Waals surface area contributed by atoms with Crippen molar-refractivity contribution in [1.29, 1.82) is 0 Å². The standard InChI is InChI=1S/C13H13NO5/c1-6-10(12(15)13(16)17)8-4-7(18-2)5-9(19-3)11(8)14-6/h4-5,14H,1-3H3,(H,16,17). The number of Topliss-reactive ketones (excluding diaryl/α,β-unsaturated/α-hetero) is 1. The maximum atomic E-state index is 11.7. The van der Waals surface area contributed by atoms with Crippen LogP contribution in [-0.2, 0) is 4.79 Å². The topological polar surface area (TPSA) is 88.6 Å². The number of aliphatic carboxylic acids is 1. The normalized spacial score (nSPS) is 10.5. The van der Waals surface area contributed by atoms with Crippen LogP contribution in [0.5, 0.6) is 11.5 Å². The summed E-state index contributed by atoms with van der Waals surface area (Å²) in [6.07, 6.45) is 0. The van der Waals surface area contributed by atoms with Crippen LogP contribution in [-0.4, -0.2) is 36.1 Å². The summed E-state index contributed by atoms with van der Waals surface area (Å²) < 4.78 is 10.3. The molecular weight excluding hydrogens is 250 g/mol. The quantitative estimate of drug-likeness (QED) is 0.648. The van der Waals surface area contributed by atoms with E-state index in [4.69, 9.17) is 14.6 Å². The number of benzene rings is 1. The number of methoxy groups -OCH3 is 2. The van der Waals surface area contributed by atoms with E-state index in [-0.39, 0.29) is 5.56 Å². The van der Waals surface area contributed by atoms with Crippen LogP contribution in [0.3, 0.4) is 0 Å². The number of aromatic nitrogens is 1. The van der Waals surface area contributed by atoms with Crippen LogP contribution in [0.1, 0.15) is 16.1 Å². The van der Waals surface area contributed by atoms with Crippen molar-refractivity contribution in [3.8, 4) is 11.5 Å². The van der Waals surface area contributed by atoms with Crippen molar-refractivity contribution in [3.05, 3.63) is 23.4 Å². The molecule has 0 bridgehead atoms. The Morgan fingerprint density at radius 3 is 2.42 bits per heavy atom. The van der Waals surface area contributed by atoms with E-state index in [1.807, 2.05) is 0 Å². The maximum absolute atomic E-state index is 11.7. The van der Waals surface area contributed by atoms with Gasteiger partial charge in [-0.25, -0.2) is 4.79 Å². The number of rotatable bonds is 4. The van der Waals surface area contributed by atoms with Gasteiger partial charge in [-0.15, -0.1) is 0 Å². The Balaban J connectivity index is 2.81. The summed E-state index contributed by atoms with van der Waals surface area (Å²) in [4.78, 5) is 25.6. The van der Waals surface area contributed by atoms with Crippen molar-refractivity contribution in [2.45, 2.75) is 6.92 Å². The summed E-state index contributed by atoms with van der Waals surface area (Å²) in [5.41, 5.74) is 1.18. The molecule has 1 aromatic heterocycles. The van der Waals surface area contributed by atoms with E-state index < -0.39 is 11.8 Å². The Morgan fingerprint density at radius 2 is 1.89 bits per heavy atom. The molecule has 2 rings (SSSR count). The van der Waals surface area contributed by atoms with Crippen molar-refractivity contribution < 1.29 is 24.2 Å². The van der Waals surface area contributed by atoms with Gasteiger partial charge in [-0.1, -0.05) is 0 Å². The van der Waals surface area contributed by atoms with E-state index in [1.54, 1.807) is 19.1 Å². The van der Waals surface area contributed by atoms with Crippen LogP contribution >= 0.6 is 0 Å². The van der Waals surface area contributed by atoms with Gasteiger partial charge in [0.1, 0.15) is 11.5 Å². The fourth-order valence-electron chi connectivity index (χ4n) is 2.05. The number of hydrogen-bond acceptors (Lipinski definition) is 4. The van der Waals surface area contributed by atoms with Crippen LogP contribution in [0.4, 0.5) is 0 Å². The number of hydrogen-bond donors (Lipinski definition) is 2. The lowest BCUT2D eigenvalue weighted by Gasteiger charge is -2.06. The molecule has 0 amide bonds. The number of ether oxygens (including phenoxy) is 2. The van der Waals surface area contributed by atoms with Crippen LogP contribution in [0, 0.1) is 6.92 Å². The third-order valence-electron chi connectivity index (χ3n) is 2.91. The van der Waals surface area contributed by atoms with Crippen LogP contribution < -0.4 is 9.47 Å². The second-order valence-corrected chi connectivity index (χ2v) is 4.01. The molecule has 100 valence electrons. The molecule has 0 atom stereocenters. The molecule has 0 spiro atoms. The van der Waals surface area contributed by atoms with Gasteiger partial charge in [0.2, 0.25) is 0 Å². The predicted octanol–water partition coefficient (Wildman–Crippen LogP) is 1.76. The fourth-order valence-corrected chi connectivity index (χ4v) is 2.05. The van der Waals surface area contributed by atoms with Crippen molar-refractivity contribution >= 4 is 22.7 Å². The zero-order chi connectivity index (χ0) is 14.2. The van der Waals surface area contributed by atoms with Gasteiger partial charge in [-0.05, 0) is 13.0 Å². The van der Waals surface area contributed by atoms with E-state index >= 15 is 0 Å². The minimum atomic E-state index is -1.49. The van der Waals surface area contributed by atoms with Crippen LogP contribution in [0.15, 0.2) is 12.1 Å². The first kappa shape index (κ1) is 12.9. The summed E-state index contributed by atoms with van der Waals surface area (Å²) in [7, 11) is 2.97. The number of aromatic amines is 1. The van der Waals surface area contributed by atoms with E-state index in [0.29, 0.717) is 28.1 Å². The average molecular weight is 263 g/mol. The molecule has 1 aromatic carbocycles. The number of carboxylic acid groups (broad SMARTS) is 1. The SMILES string of the molecule is COc1cc(OC)c2[nH]c(C)c(C(=O)C(=O)O)c2c1. The molecule has 0 unspecified atom stereocenters. The third kappa shape index (κ3) is 2.01. The number of fused-ring (bicyclic) bond motifs is 1. The Kier molecular flexibility index (Phi) is 3.16. The van der Waals surface area contributed by atoms with E-state index in [1.165, 1.54) is 14.2 Å². The molecular formula is C13H13NO5. The van der Waals surface area contributed by atoms with Gasteiger partial charge in [0.15, 0.2) is 0 Å². The van der Waals surface area contributed by atoms with Gasteiger partial charge < -0.3 is 19.6 Å². The molecule has 2 N–H and O–H groups in total. The Bertz CT molecular complexity index is 671. The Hall–Kier alpha value is -2.50. The first-order chi connectivity index (χ1) is 8.99. The summed E-state index contributed by atoms with van der Waals surface area (Å²) in [5.74, 6) is -1.48. The summed E-state index contributed by atoms with van der Waals surface area (Å²) >= 11 is 0. The highest BCUT2D eigenvalue weighted by Gasteiger charge is 2.24. The van der Waals surface area contributed by atoms with Crippen LogP contribution in [0.2, 0.25) is 0 Å². The van der Waals surface area contributed by atoms with E-state index in [0.717, 1.165) is 0 Å². The maximum Gasteiger partial charge on any atom is 0.377 e. The van der Waals surface area contributed by atoms with Gasteiger partial charge in [0.05, 0.1) is 25.3 Å². The van der Waals surface area contributed by atoms with Crippen molar-refractivity contribution in [1.82, 2.24) is 4.98 Å². The summed E-state index contributed by atoms with van der Waals surface area (Å²) in [5, 5.41) is 9.34.